The van der Waals surface area contributed by atoms with Crippen molar-refractivity contribution < 1.29 is 10.0 Å². The van der Waals surface area contributed by atoms with Gasteiger partial charge in [0.05, 0.1) is 4.92 Å². The van der Waals surface area contributed by atoms with E-state index in [-0.39, 0.29) is 23.3 Å². The molecule has 0 radical (unpaired) electrons. The highest BCUT2D eigenvalue weighted by molar-refractivity contribution is 9.10. The van der Waals surface area contributed by atoms with Gasteiger partial charge in [-0.05, 0) is 31.9 Å². The Bertz CT molecular complexity index is 412. The van der Waals surface area contributed by atoms with Crippen molar-refractivity contribution in [2.45, 2.75) is 32.4 Å². The average Bonchev–Trinajstić information content (AvgIpc) is 2.33. The zero-order chi connectivity index (χ0) is 13.5. The van der Waals surface area contributed by atoms with Gasteiger partial charge in [-0.2, -0.15) is 0 Å². The first-order valence-electron chi connectivity index (χ1n) is 5.81. The summed E-state index contributed by atoms with van der Waals surface area (Å²) in [5, 5.41) is 22.8. The highest BCUT2D eigenvalue weighted by Crippen LogP contribution is 2.23. The Kier molecular flexibility index (Phi) is 6.24. The normalized spacial score (nSPS) is 12.4. The van der Waals surface area contributed by atoms with Crippen molar-refractivity contribution in [2.75, 3.05) is 6.61 Å². The molecule has 2 N–H and O–H groups in total. The quantitative estimate of drug-likeness (QED) is 0.599. The van der Waals surface area contributed by atoms with Crippen LogP contribution in [0.1, 0.15) is 25.3 Å². The molecule has 1 unspecified atom stereocenters. The van der Waals surface area contributed by atoms with Gasteiger partial charge in [-0.25, -0.2) is 0 Å². The number of benzene rings is 1. The second-order valence-electron chi connectivity index (χ2n) is 4.18. The fraction of sp³-hybridized carbons (Fsp3) is 0.500. The van der Waals surface area contributed by atoms with Gasteiger partial charge in [-0.1, -0.05) is 15.9 Å². The predicted molar refractivity (Wildman–Crippen MR) is 73.4 cm³/mol. The molecule has 1 aromatic rings. The molecule has 0 saturated heterocycles. The fourth-order valence-corrected chi connectivity index (χ4v) is 2.07. The number of nitro groups is 1. The molecule has 0 fully saturated rings. The number of nitro benzene ring substituents is 1. The average molecular weight is 317 g/mol. The van der Waals surface area contributed by atoms with Gasteiger partial charge >= 0.3 is 0 Å². The molecular formula is C12H17BrN2O3. The number of rotatable bonds is 7. The molecule has 1 aromatic carbocycles. The Labute approximate surface area is 114 Å². The van der Waals surface area contributed by atoms with Gasteiger partial charge in [0.15, 0.2) is 0 Å². The molecule has 1 rings (SSSR count). The van der Waals surface area contributed by atoms with Crippen molar-refractivity contribution in [3.05, 3.63) is 38.3 Å². The van der Waals surface area contributed by atoms with Crippen LogP contribution in [0.15, 0.2) is 22.7 Å². The molecule has 5 nitrogen and oxygen atoms in total. The number of aliphatic hydroxyl groups is 1. The molecule has 0 aromatic heterocycles. The van der Waals surface area contributed by atoms with Crippen LogP contribution < -0.4 is 5.32 Å². The summed E-state index contributed by atoms with van der Waals surface area (Å²) >= 11 is 3.31. The third kappa shape index (κ3) is 4.72. The molecule has 18 heavy (non-hydrogen) atoms. The Morgan fingerprint density at radius 1 is 1.56 bits per heavy atom. The summed E-state index contributed by atoms with van der Waals surface area (Å²) in [7, 11) is 0. The molecule has 0 spiro atoms. The van der Waals surface area contributed by atoms with E-state index in [1.54, 1.807) is 12.1 Å². The topological polar surface area (TPSA) is 75.4 Å². The minimum Gasteiger partial charge on any atom is -0.396 e. The maximum atomic E-state index is 10.9. The summed E-state index contributed by atoms with van der Waals surface area (Å²) in [6.45, 7) is 2.62. The smallest absolute Gasteiger partial charge is 0.273 e. The lowest BCUT2D eigenvalue weighted by molar-refractivity contribution is -0.385. The molecule has 0 heterocycles. The Balaban J connectivity index is 2.65. The van der Waals surface area contributed by atoms with Gasteiger partial charge in [-0.15, -0.1) is 0 Å². The summed E-state index contributed by atoms with van der Waals surface area (Å²) in [5.41, 5.74) is 0.783. The lowest BCUT2D eigenvalue weighted by Crippen LogP contribution is -2.26. The minimum absolute atomic E-state index is 0.125. The second kappa shape index (κ2) is 7.45. The van der Waals surface area contributed by atoms with Crippen LogP contribution >= 0.6 is 15.9 Å². The summed E-state index contributed by atoms with van der Waals surface area (Å²) < 4.78 is 0.827. The Hall–Kier alpha value is -0.980. The molecule has 0 aliphatic rings. The zero-order valence-electron chi connectivity index (χ0n) is 10.2. The van der Waals surface area contributed by atoms with Crippen LogP contribution in [-0.2, 0) is 6.54 Å². The van der Waals surface area contributed by atoms with Gasteiger partial charge in [0.2, 0.25) is 0 Å². The summed E-state index contributed by atoms with van der Waals surface area (Å²) in [6, 6.07) is 5.14. The van der Waals surface area contributed by atoms with Gasteiger partial charge in [0.1, 0.15) is 0 Å². The maximum absolute atomic E-state index is 10.9. The van der Waals surface area contributed by atoms with Crippen LogP contribution in [0.25, 0.3) is 0 Å². The summed E-state index contributed by atoms with van der Waals surface area (Å²) in [5.74, 6) is 0. The first kappa shape index (κ1) is 15.1. The number of nitrogens with zero attached hydrogens (tertiary/aromatic N) is 1. The van der Waals surface area contributed by atoms with E-state index in [2.05, 4.69) is 21.2 Å². The van der Waals surface area contributed by atoms with Crippen LogP contribution in [-0.4, -0.2) is 22.7 Å². The fourth-order valence-electron chi connectivity index (χ4n) is 1.66. The monoisotopic (exact) mass is 316 g/mol. The molecule has 0 saturated carbocycles. The second-order valence-corrected chi connectivity index (χ2v) is 5.09. The summed E-state index contributed by atoms with van der Waals surface area (Å²) in [6.07, 6.45) is 1.58. The van der Waals surface area contributed by atoms with E-state index in [0.717, 1.165) is 17.3 Å². The van der Waals surface area contributed by atoms with Gasteiger partial charge < -0.3 is 10.4 Å². The Morgan fingerprint density at radius 2 is 2.28 bits per heavy atom. The first-order valence-corrected chi connectivity index (χ1v) is 6.61. The van der Waals surface area contributed by atoms with Crippen molar-refractivity contribution in [1.82, 2.24) is 5.32 Å². The van der Waals surface area contributed by atoms with E-state index in [0.29, 0.717) is 12.1 Å². The molecule has 0 amide bonds. The maximum Gasteiger partial charge on any atom is 0.273 e. The minimum atomic E-state index is -0.373. The number of halogens is 1. The van der Waals surface area contributed by atoms with Gasteiger partial charge in [0, 0.05) is 35.3 Å². The Morgan fingerprint density at radius 3 is 2.89 bits per heavy atom. The zero-order valence-corrected chi connectivity index (χ0v) is 11.8. The van der Waals surface area contributed by atoms with E-state index in [9.17, 15) is 10.1 Å². The molecule has 1 atom stereocenters. The standard InChI is InChI=1S/C12H17BrN2O3/c1-9(3-2-6-16)14-8-10-7-11(13)4-5-12(10)15(17)18/h4-5,7,9,14,16H,2-3,6,8H2,1H3. The van der Waals surface area contributed by atoms with Crippen LogP contribution in [0.4, 0.5) is 5.69 Å². The van der Waals surface area contributed by atoms with E-state index in [1.165, 1.54) is 6.07 Å². The van der Waals surface area contributed by atoms with Crippen LogP contribution in [0.2, 0.25) is 0 Å². The van der Waals surface area contributed by atoms with Crippen molar-refractivity contribution >= 4 is 21.6 Å². The highest BCUT2D eigenvalue weighted by Gasteiger charge is 2.14. The first-order chi connectivity index (χ1) is 8.54. The lowest BCUT2D eigenvalue weighted by Gasteiger charge is -2.13. The SMILES string of the molecule is CC(CCCO)NCc1cc(Br)ccc1[N+](=O)[O-]. The van der Waals surface area contributed by atoms with E-state index in [4.69, 9.17) is 5.11 Å². The largest absolute Gasteiger partial charge is 0.396 e. The van der Waals surface area contributed by atoms with E-state index < -0.39 is 0 Å². The molecular weight excluding hydrogens is 300 g/mol. The van der Waals surface area contributed by atoms with Crippen molar-refractivity contribution in [3.8, 4) is 0 Å². The number of nitrogens with one attached hydrogen (secondary N) is 1. The lowest BCUT2D eigenvalue weighted by atomic mass is 10.1. The summed E-state index contributed by atoms with van der Waals surface area (Å²) in [4.78, 5) is 10.5. The van der Waals surface area contributed by atoms with Crippen LogP contribution in [0.5, 0.6) is 0 Å². The predicted octanol–water partition coefficient (Wildman–Crippen LogP) is 2.61. The van der Waals surface area contributed by atoms with E-state index >= 15 is 0 Å². The van der Waals surface area contributed by atoms with Crippen LogP contribution in [0.3, 0.4) is 0 Å². The number of hydrogen-bond acceptors (Lipinski definition) is 4. The van der Waals surface area contributed by atoms with Gasteiger partial charge in [-0.3, -0.25) is 10.1 Å². The third-order valence-electron chi connectivity index (χ3n) is 2.67. The highest BCUT2D eigenvalue weighted by atomic mass is 79.9. The third-order valence-corrected chi connectivity index (χ3v) is 3.17. The number of aliphatic hydroxyl groups excluding tert-OH is 1. The van der Waals surface area contributed by atoms with Crippen molar-refractivity contribution in [3.63, 3.8) is 0 Å². The molecule has 6 heteroatoms. The van der Waals surface area contributed by atoms with Gasteiger partial charge in [0.25, 0.3) is 5.69 Å². The molecule has 100 valence electrons. The molecule has 0 aliphatic carbocycles. The van der Waals surface area contributed by atoms with Crippen molar-refractivity contribution in [1.29, 1.82) is 0 Å². The van der Waals surface area contributed by atoms with E-state index in [1.807, 2.05) is 6.92 Å². The van der Waals surface area contributed by atoms with Crippen molar-refractivity contribution in [2.24, 2.45) is 0 Å². The van der Waals surface area contributed by atoms with Crippen LogP contribution in [0, 0.1) is 10.1 Å². The molecule has 0 bridgehead atoms. The number of hydrogen-bond donors (Lipinski definition) is 2. The molecule has 0 aliphatic heterocycles.